The summed E-state index contributed by atoms with van der Waals surface area (Å²) in [5.74, 6) is -1.03. The van der Waals surface area contributed by atoms with Crippen molar-refractivity contribution in [1.82, 2.24) is 4.90 Å². The topological polar surface area (TPSA) is 196 Å². The maximum Gasteiger partial charge on any atom is 0.324 e. The Labute approximate surface area is 186 Å². The van der Waals surface area contributed by atoms with E-state index in [1.165, 1.54) is 0 Å². The van der Waals surface area contributed by atoms with E-state index in [-0.39, 0.29) is 23.6 Å². The largest absolute Gasteiger partial charge is 0.497 e. The number of fused-ring (bicyclic) bond motifs is 1. The molecule has 14 nitrogen and oxygen atoms in total. The van der Waals surface area contributed by atoms with Gasteiger partial charge in [-0.15, -0.1) is 0 Å². The van der Waals surface area contributed by atoms with Crippen LogP contribution >= 0.6 is 0 Å². The van der Waals surface area contributed by atoms with Gasteiger partial charge in [-0.3, -0.25) is 39.9 Å². The van der Waals surface area contributed by atoms with Crippen LogP contribution in [0.4, 0.5) is 17.1 Å². The molecule has 0 aromatic heterocycles. The molecule has 2 atom stereocenters. The van der Waals surface area contributed by atoms with Gasteiger partial charge in [0, 0.05) is 19.5 Å². The number of hydrogen-bond acceptors (Lipinski definition) is 11. The molecule has 33 heavy (non-hydrogen) atoms. The van der Waals surface area contributed by atoms with Crippen LogP contribution in [-0.2, 0) is 14.3 Å². The van der Waals surface area contributed by atoms with Crippen molar-refractivity contribution >= 4 is 28.8 Å². The van der Waals surface area contributed by atoms with Gasteiger partial charge in [0.05, 0.1) is 39.4 Å². The lowest BCUT2D eigenvalue weighted by Crippen LogP contribution is -2.45. The lowest BCUT2D eigenvalue weighted by molar-refractivity contribution is -0.404. The molecule has 0 bridgehead atoms. The number of aromatic hydroxyl groups is 1. The number of non-ortho nitro benzene ring substituents is 1. The van der Waals surface area contributed by atoms with E-state index in [4.69, 9.17) is 9.84 Å². The SMILES string of the molecule is CCOC(=O)C1CN(C)CC2=CC(=O)CCC21.O=[N+]([O-])c1cc([N+](=O)[O-])c(O)c([N+](=O)[O-])c1. The minimum absolute atomic E-state index is 0.104. The van der Waals surface area contributed by atoms with Crippen LogP contribution in [0.15, 0.2) is 23.8 Å². The Morgan fingerprint density at radius 1 is 1.15 bits per heavy atom. The normalized spacial score (nSPS) is 19.9. The number of nitro groups is 3. The molecule has 178 valence electrons. The van der Waals surface area contributed by atoms with Gasteiger partial charge in [-0.05, 0) is 38.0 Å². The second-order valence-electron chi connectivity index (χ2n) is 7.49. The van der Waals surface area contributed by atoms with Gasteiger partial charge in [0.1, 0.15) is 0 Å². The van der Waals surface area contributed by atoms with Crippen molar-refractivity contribution in [2.24, 2.45) is 11.8 Å². The summed E-state index contributed by atoms with van der Waals surface area (Å²) in [6.45, 7) is 3.77. The number of likely N-dealkylation sites (tertiary alicyclic amines) is 1. The van der Waals surface area contributed by atoms with Crippen LogP contribution in [0, 0.1) is 42.2 Å². The van der Waals surface area contributed by atoms with Gasteiger partial charge in [-0.25, -0.2) is 0 Å². The van der Waals surface area contributed by atoms with Gasteiger partial charge in [0.2, 0.25) is 0 Å². The lowest BCUT2D eigenvalue weighted by Gasteiger charge is -2.39. The Morgan fingerprint density at radius 3 is 2.21 bits per heavy atom. The second-order valence-corrected chi connectivity index (χ2v) is 7.49. The average molecular weight is 466 g/mol. The van der Waals surface area contributed by atoms with Crippen molar-refractivity contribution in [2.75, 3.05) is 26.7 Å². The number of phenols is 1. The summed E-state index contributed by atoms with van der Waals surface area (Å²) in [5.41, 5.74) is -1.90. The number of likely N-dealkylation sites (N-methyl/N-ethyl adjacent to an activating group) is 1. The Hall–Kier alpha value is -3.94. The summed E-state index contributed by atoms with van der Waals surface area (Å²) in [5, 5.41) is 40.2. The van der Waals surface area contributed by atoms with Crippen molar-refractivity contribution in [3.05, 3.63) is 54.1 Å². The van der Waals surface area contributed by atoms with Gasteiger partial charge in [0.25, 0.3) is 11.4 Å². The number of hydrogen-bond donors (Lipinski definition) is 1. The van der Waals surface area contributed by atoms with E-state index in [9.17, 15) is 39.9 Å². The van der Waals surface area contributed by atoms with Crippen molar-refractivity contribution in [3.8, 4) is 5.75 Å². The van der Waals surface area contributed by atoms with Crippen LogP contribution in [0.3, 0.4) is 0 Å². The van der Waals surface area contributed by atoms with E-state index in [0.717, 1.165) is 25.1 Å². The van der Waals surface area contributed by atoms with Crippen LogP contribution in [0.1, 0.15) is 19.8 Å². The van der Waals surface area contributed by atoms with Gasteiger partial charge in [-0.2, -0.15) is 0 Å². The second kappa shape index (κ2) is 10.6. The van der Waals surface area contributed by atoms with Gasteiger partial charge in [0.15, 0.2) is 5.78 Å². The number of carbonyl (C=O) groups excluding carboxylic acids is 2. The number of allylic oxidation sites excluding steroid dienone is 1. The molecule has 1 saturated heterocycles. The number of rotatable bonds is 5. The van der Waals surface area contributed by atoms with Crippen LogP contribution < -0.4 is 0 Å². The number of ether oxygens (including phenoxy) is 1. The summed E-state index contributed by atoms with van der Waals surface area (Å²) in [6, 6.07) is 0.894. The zero-order valence-corrected chi connectivity index (χ0v) is 17.8. The molecule has 1 aliphatic carbocycles. The molecule has 0 amide bonds. The third kappa shape index (κ3) is 6.06. The summed E-state index contributed by atoms with van der Waals surface area (Å²) in [4.78, 5) is 53.2. The molecule has 1 aliphatic heterocycles. The molecule has 3 rings (SSSR count). The fraction of sp³-hybridized carbons (Fsp3) is 0.474. The first-order valence-electron chi connectivity index (χ1n) is 9.84. The van der Waals surface area contributed by atoms with E-state index in [1.54, 1.807) is 6.08 Å². The zero-order valence-electron chi connectivity index (χ0n) is 17.8. The number of ketones is 1. The Bertz CT molecular complexity index is 987. The van der Waals surface area contributed by atoms with E-state index in [1.807, 2.05) is 14.0 Å². The Kier molecular flexibility index (Phi) is 8.12. The fourth-order valence-corrected chi connectivity index (χ4v) is 3.79. The minimum Gasteiger partial charge on any atom is -0.497 e. The van der Waals surface area contributed by atoms with E-state index >= 15 is 0 Å². The highest BCUT2D eigenvalue weighted by Gasteiger charge is 2.39. The third-order valence-corrected chi connectivity index (χ3v) is 5.22. The zero-order chi connectivity index (χ0) is 24.9. The number of nitrogens with zero attached hydrogens (tertiary/aromatic N) is 4. The number of carbonyl (C=O) groups is 2. The molecular formula is C19H22N4O10. The van der Waals surface area contributed by atoms with Crippen LogP contribution in [0.25, 0.3) is 0 Å². The molecule has 2 unspecified atom stereocenters. The molecule has 1 N–H and O–H groups in total. The molecule has 0 spiro atoms. The minimum atomic E-state index is -1.21. The number of phenolic OH excluding ortho intramolecular Hbond substituents is 1. The predicted octanol–water partition coefficient (Wildman–Crippen LogP) is 2.13. The quantitative estimate of drug-likeness (QED) is 0.379. The number of nitro benzene ring substituents is 3. The van der Waals surface area contributed by atoms with Crippen LogP contribution in [0.2, 0.25) is 0 Å². The van der Waals surface area contributed by atoms with Crippen LogP contribution in [-0.4, -0.2) is 63.3 Å². The van der Waals surface area contributed by atoms with E-state index < -0.39 is 37.6 Å². The Morgan fingerprint density at radius 2 is 1.73 bits per heavy atom. The third-order valence-electron chi connectivity index (χ3n) is 5.22. The molecule has 14 heteroatoms. The van der Waals surface area contributed by atoms with Crippen LogP contribution in [0.5, 0.6) is 5.75 Å². The lowest BCUT2D eigenvalue weighted by atomic mass is 9.75. The average Bonchev–Trinajstić information content (AvgIpc) is 2.73. The summed E-state index contributed by atoms with van der Waals surface area (Å²) in [7, 11) is 1.97. The predicted molar refractivity (Wildman–Crippen MR) is 112 cm³/mol. The molecule has 0 saturated carbocycles. The number of benzene rings is 1. The number of esters is 1. The summed E-state index contributed by atoms with van der Waals surface area (Å²) < 4.78 is 5.13. The first-order chi connectivity index (χ1) is 15.5. The molecule has 1 heterocycles. The van der Waals surface area contributed by atoms with E-state index in [2.05, 4.69) is 4.90 Å². The molecular weight excluding hydrogens is 444 g/mol. The molecule has 1 fully saturated rings. The number of piperidine rings is 1. The smallest absolute Gasteiger partial charge is 0.324 e. The van der Waals surface area contributed by atoms with Gasteiger partial charge >= 0.3 is 17.3 Å². The molecule has 1 aromatic rings. The summed E-state index contributed by atoms with van der Waals surface area (Å²) in [6.07, 6.45) is 3.09. The monoisotopic (exact) mass is 466 g/mol. The molecule has 2 aliphatic rings. The maximum atomic E-state index is 11.9. The highest BCUT2D eigenvalue weighted by molar-refractivity contribution is 5.92. The standard InChI is InChI=1S/C13H19NO3.C6H3N3O7/c1-3-17-13(16)12-8-14(2)7-9-6-10(15)4-5-11(9)12;10-6-4(8(13)14)1-3(7(11)12)2-5(6)9(15)16/h6,11-12H,3-5,7-8H2,1-2H3;1-2,10H. The molecule has 1 aromatic carbocycles. The first-order valence-corrected chi connectivity index (χ1v) is 9.84. The molecule has 0 radical (unpaired) electrons. The maximum absolute atomic E-state index is 11.9. The van der Waals surface area contributed by atoms with Gasteiger partial charge in [-0.1, -0.05) is 0 Å². The first kappa shape index (κ1) is 25.3. The summed E-state index contributed by atoms with van der Waals surface area (Å²) >= 11 is 0. The fourth-order valence-electron chi connectivity index (χ4n) is 3.79. The highest BCUT2D eigenvalue weighted by Crippen LogP contribution is 2.39. The van der Waals surface area contributed by atoms with Crippen molar-refractivity contribution in [1.29, 1.82) is 0 Å². The van der Waals surface area contributed by atoms with Crippen molar-refractivity contribution < 1.29 is 34.2 Å². The van der Waals surface area contributed by atoms with Crippen molar-refractivity contribution in [2.45, 2.75) is 19.8 Å². The van der Waals surface area contributed by atoms with E-state index in [0.29, 0.717) is 25.2 Å². The van der Waals surface area contributed by atoms with Crippen molar-refractivity contribution in [3.63, 3.8) is 0 Å². The highest BCUT2D eigenvalue weighted by atomic mass is 16.6. The Balaban J connectivity index is 0.000000234. The van der Waals surface area contributed by atoms with Gasteiger partial charge < -0.3 is 14.7 Å².